The molecule has 1 aromatic carbocycles. The molecule has 0 atom stereocenters. The normalized spacial score (nSPS) is 8.45. The molecule has 1 aromatic rings. The first-order valence-electron chi connectivity index (χ1n) is 3.61. The van der Waals surface area contributed by atoms with Crippen molar-refractivity contribution in [1.82, 2.24) is 0 Å². The number of para-hydroxylation sites is 1. The predicted octanol–water partition coefficient (Wildman–Crippen LogP) is 2.09. The van der Waals surface area contributed by atoms with Crippen molar-refractivity contribution in [2.45, 2.75) is 13.3 Å². The summed E-state index contributed by atoms with van der Waals surface area (Å²) in [4.78, 5) is 0. The van der Waals surface area contributed by atoms with Crippen LogP contribution in [0.2, 0.25) is 0 Å². The van der Waals surface area contributed by atoms with Gasteiger partial charge >= 0.3 is 0 Å². The van der Waals surface area contributed by atoms with E-state index in [1.165, 1.54) is 0 Å². The summed E-state index contributed by atoms with van der Waals surface area (Å²) >= 11 is 0. The third kappa shape index (κ3) is 4.46. The van der Waals surface area contributed by atoms with E-state index in [0.717, 1.165) is 18.8 Å². The first kappa shape index (κ1) is 11.0. The van der Waals surface area contributed by atoms with Gasteiger partial charge < -0.3 is 4.74 Å². The summed E-state index contributed by atoms with van der Waals surface area (Å²) in [6.07, 6.45) is 1.06. The quantitative estimate of drug-likeness (QED) is 0.613. The second-order valence-electron chi connectivity index (χ2n) is 2.16. The molecule has 1 nitrogen and oxygen atoms in total. The minimum Gasteiger partial charge on any atom is -0.494 e. The number of ether oxygens (including phenoxy) is 1. The average Bonchev–Trinajstić information content (AvgIpc) is 2.03. The van der Waals surface area contributed by atoms with E-state index >= 15 is 0 Å². The van der Waals surface area contributed by atoms with Crippen molar-refractivity contribution in [3.63, 3.8) is 0 Å². The fourth-order valence-electron chi connectivity index (χ4n) is 0.737. The maximum Gasteiger partial charge on any atom is 0.119 e. The minimum atomic E-state index is 0. The number of hydrogen-bond donors (Lipinski definition) is 0. The second kappa shape index (κ2) is 6.71. The van der Waals surface area contributed by atoms with Crippen LogP contribution in [0.1, 0.15) is 13.3 Å². The molecule has 0 spiro atoms. The van der Waals surface area contributed by atoms with E-state index in [9.17, 15) is 0 Å². The Bertz CT molecular complexity index is 174. The topological polar surface area (TPSA) is 9.23 Å². The van der Waals surface area contributed by atoms with Gasteiger partial charge in [-0.05, 0) is 18.6 Å². The van der Waals surface area contributed by atoms with Gasteiger partial charge in [-0.25, -0.2) is 0 Å². The van der Waals surface area contributed by atoms with Crippen LogP contribution in [0, 0.1) is 0 Å². The van der Waals surface area contributed by atoms with Crippen LogP contribution >= 0.6 is 0 Å². The fourth-order valence-corrected chi connectivity index (χ4v) is 0.737. The van der Waals surface area contributed by atoms with Crippen LogP contribution in [0.3, 0.4) is 0 Å². The largest absolute Gasteiger partial charge is 0.494 e. The van der Waals surface area contributed by atoms with Gasteiger partial charge in [0.1, 0.15) is 5.75 Å². The zero-order valence-electron chi connectivity index (χ0n) is 7.21. The van der Waals surface area contributed by atoms with Crippen molar-refractivity contribution in [3.8, 4) is 5.75 Å². The molecule has 0 N–H and O–H groups in total. The van der Waals surface area contributed by atoms with Gasteiger partial charge in [-0.15, -0.1) is 0 Å². The SMILES string of the molecule is CCCOc1ccccc1.[Na]. The van der Waals surface area contributed by atoms with Crippen molar-refractivity contribution in [3.05, 3.63) is 30.3 Å². The molecule has 0 fully saturated rings. The third-order valence-corrected chi connectivity index (χ3v) is 1.22. The van der Waals surface area contributed by atoms with Gasteiger partial charge in [-0.2, -0.15) is 0 Å². The Morgan fingerprint density at radius 1 is 1.18 bits per heavy atom. The van der Waals surface area contributed by atoms with Crippen molar-refractivity contribution >= 4 is 29.6 Å². The fraction of sp³-hybridized carbons (Fsp3) is 0.333. The van der Waals surface area contributed by atoms with Crippen LogP contribution in [0.15, 0.2) is 30.3 Å². The van der Waals surface area contributed by atoms with Crippen molar-refractivity contribution in [1.29, 1.82) is 0 Å². The minimum absolute atomic E-state index is 0. The van der Waals surface area contributed by atoms with Gasteiger partial charge in [0.05, 0.1) is 6.61 Å². The van der Waals surface area contributed by atoms with E-state index in [1.54, 1.807) is 0 Å². The monoisotopic (exact) mass is 159 g/mol. The summed E-state index contributed by atoms with van der Waals surface area (Å²) in [6, 6.07) is 9.88. The Labute approximate surface area is 90.1 Å². The zero-order valence-corrected chi connectivity index (χ0v) is 9.21. The Balaban J connectivity index is 0.000001000. The second-order valence-corrected chi connectivity index (χ2v) is 2.16. The third-order valence-electron chi connectivity index (χ3n) is 1.22. The molecule has 0 heterocycles. The summed E-state index contributed by atoms with van der Waals surface area (Å²) in [5.41, 5.74) is 0. The van der Waals surface area contributed by atoms with Crippen LogP contribution in [-0.4, -0.2) is 36.2 Å². The molecule has 11 heavy (non-hydrogen) atoms. The average molecular weight is 159 g/mol. The molecular formula is C9H12NaO. The maximum absolute atomic E-state index is 5.36. The van der Waals surface area contributed by atoms with Crippen LogP contribution in [0.25, 0.3) is 0 Å². The summed E-state index contributed by atoms with van der Waals surface area (Å²) in [7, 11) is 0. The molecule has 2 heteroatoms. The molecule has 55 valence electrons. The molecule has 1 radical (unpaired) electrons. The molecule has 0 aliphatic rings. The molecule has 0 saturated heterocycles. The molecule has 0 aliphatic carbocycles. The Hall–Kier alpha value is 0.0200. The zero-order chi connectivity index (χ0) is 7.23. The molecule has 0 aromatic heterocycles. The first-order valence-corrected chi connectivity index (χ1v) is 3.61. The van der Waals surface area contributed by atoms with E-state index in [1.807, 2.05) is 30.3 Å². The van der Waals surface area contributed by atoms with Gasteiger partial charge in [-0.3, -0.25) is 0 Å². The van der Waals surface area contributed by atoms with E-state index in [2.05, 4.69) is 6.92 Å². The van der Waals surface area contributed by atoms with E-state index in [0.29, 0.717) is 0 Å². The smallest absolute Gasteiger partial charge is 0.119 e. The van der Waals surface area contributed by atoms with Crippen molar-refractivity contribution < 1.29 is 4.74 Å². The molecular weight excluding hydrogens is 147 g/mol. The summed E-state index contributed by atoms with van der Waals surface area (Å²) in [5.74, 6) is 0.962. The van der Waals surface area contributed by atoms with E-state index < -0.39 is 0 Å². The standard InChI is InChI=1S/C9H12O.Na/c1-2-8-10-9-6-4-3-5-7-9;/h3-7H,2,8H2,1H3;. The number of hydrogen-bond acceptors (Lipinski definition) is 1. The van der Waals surface area contributed by atoms with Gasteiger partial charge in [0.15, 0.2) is 0 Å². The Morgan fingerprint density at radius 2 is 1.82 bits per heavy atom. The summed E-state index contributed by atoms with van der Waals surface area (Å²) in [5, 5.41) is 0. The molecule has 0 amide bonds. The molecule has 0 aliphatic heterocycles. The van der Waals surface area contributed by atoms with Gasteiger partial charge in [0.25, 0.3) is 0 Å². The first-order chi connectivity index (χ1) is 4.93. The van der Waals surface area contributed by atoms with Crippen molar-refractivity contribution in [2.24, 2.45) is 0 Å². The molecule has 0 saturated carbocycles. The van der Waals surface area contributed by atoms with Crippen LogP contribution < -0.4 is 4.74 Å². The van der Waals surface area contributed by atoms with Crippen LogP contribution in [-0.2, 0) is 0 Å². The summed E-state index contributed by atoms with van der Waals surface area (Å²) < 4.78 is 5.36. The van der Waals surface area contributed by atoms with Crippen LogP contribution in [0.4, 0.5) is 0 Å². The number of benzene rings is 1. The van der Waals surface area contributed by atoms with E-state index in [-0.39, 0.29) is 29.6 Å². The maximum atomic E-state index is 5.36. The van der Waals surface area contributed by atoms with E-state index in [4.69, 9.17) is 4.74 Å². The van der Waals surface area contributed by atoms with Gasteiger partial charge in [-0.1, -0.05) is 25.1 Å². The molecule has 1 rings (SSSR count). The molecule has 0 unspecified atom stereocenters. The Morgan fingerprint density at radius 3 is 2.36 bits per heavy atom. The number of rotatable bonds is 3. The predicted molar refractivity (Wildman–Crippen MR) is 48.0 cm³/mol. The molecule has 0 bridgehead atoms. The Kier molecular flexibility index (Phi) is 6.73. The van der Waals surface area contributed by atoms with Crippen molar-refractivity contribution in [2.75, 3.05) is 6.61 Å². The summed E-state index contributed by atoms with van der Waals surface area (Å²) in [6.45, 7) is 2.91. The van der Waals surface area contributed by atoms with Gasteiger partial charge in [0, 0.05) is 29.6 Å². The van der Waals surface area contributed by atoms with Crippen LogP contribution in [0.5, 0.6) is 5.75 Å². The van der Waals surface area contributed by atoms with Gasteiger partial charge in [0.2, 0.25) is 0 Å².